The van der Waals surface area contributed by atoms with Gasteiger partial charge in [0.05, 0.1) is 11.4 Å². The summed E-state index contributed by atoms with van der Waals surface area (Å²) in [5.74, 6) is -0.451. The summed E-state index contributed by atoms with van der Waals surface area (Å²) in [7, 11) is -1.77. The second kappa shape index (κ2) is 7.03. The fourth-order valence-corrected chi connectivity index (χ4v) is 4.09. The molecule has 0 radical (unpaired) electrons. The van der Waals surface area contributed by atoms with Gasteiger partial charge >= 0.3 is 0 Å². The SMILES string of the molecule is Cn1cccc1S(=O)(=O)Cc1ccccc1N=Cc1ccc(F)cc1. The molecule has 0 spiro atoms. The Hall–Kier alpha value is -2.73. The van der Waals surface area contributed by atoms with E-state index in [0.29, 0.717) is 11.3 Å². The standard InChI is InChI=1S/C19H17FN2O2S/c1-22-12-4-7-19(22)25(23,24)14-16-5-2-3-6-18(16)21-13-15-8-10-17(20)11-9-15/h2-13H,14H2,1H3. The number of benzene rings is 2. The molecule has 0 saturated heterocycles. The summed E-state index contributed by atoms with van der Waals surface area (Å²) in [5, 5.41) is 0.268. The molecule has 0 unspecified atom stereocenters. The topological polar surface area (TPSA) is 51.4 Å². The predicted octanol–water partition coefficient (Wildman–Crippen LogP) is 3.89. The molecule has 0 fully saturated rings. The van der Waals surface area contributed by atoms with Crippen molar-refractivity contribution in [2.75, 3.05) is 0 Å². The van der Waals surface area contributed by atoms with Crippen LogP contribution in [0.25, 0.3) is 0 Å². The second-order valence-electron chi connectivity index (χ2n) is 5.65. The molecule has 0 N–H and O–H groups in total. The molecule has 0 aliphatic heterocycles. The lowest BCUT2D eigenvalue weighted by atomic mass is 10.2. The highest BCUT2D eigenvalue weighted by molar-refractivity contribution is 7.90. The van der Waals surface area contributed by atoms with Crippen molar-refractivity contribution in [1.29, 1.82) is 0 Å². The van der Waals surface area contributed by atoms with E-state index in [2.05, 4.69) is 4.99 Å². The van der Waals surface area contributed by atoms with Gasteiger partial charge in [0, 0.05) is 19.5 Å². The molecule has 0 bridgehead atoms. The first kappa shape index (κ1) is 17.1. The third-order valence-electron chi connectivity index (χ3n) is 3.77. The quantitative estimate of drug-likeness (QED) is 0.651. The van der Waals surface area contributed by atoms with Crippen molar-refractivity contribution in [2.45, 2.75) is 10.8 Å². The number of sulfone groups is 1. The number of rotatable bonds is 5. The summed E-state index contributed by atoms with van der Waals surface area (Å²) < 4.78 is 39.8. The van der Waals surface area contributed by atoms with Gasteiger partial charge in [0.2, 0.25) is 0 Å². The van der Waals surface area contributed by atoms with Crippen LogP contribution < -0.4 is 0 Å². The van der Waals surface area contributed by atoms with Gasteiger partial charge < -0.3 is 4.57 Å². The molecule has 2 aromatic carbocycles. The van der Waals surface area contributed by atoms with Gasteiger partial charge in [-0.2, -0.15) is 0 Å². The van der Waals surface area contributed by atoms with E-state index in [1.807, 2.05) is 0 Å². The van der Waals surface area contributed by atoms with Crippen molar-refractivity contribution in [3.63, 3.8) is 0 Å². The number of aryl methyl sites for hydroxylation is 1. The minimum Gasteiger partial charge on any atom is -0.342 e. The van der Waals surface area contributed by atoms with E-state index >= 15 is 0 Å². The maximum absolute atomic E-state index is 13.0. The molecular formula is C19H17FN2O2S. The second-order valence-corrected chi connectivity index (χ2v) is 7.59. The smallest absolute Gasteiger partial charge is 0.197 e. The van der Waals surface area contributed by atoms with Crippen molar-refractivity contribution in [2.24, 2.45) is 12.0 Å². The number of halogens is 1. The van der Waals surface area contributed by atoms with Gasteiger partial charge in [-0.3, -0.25) is 4.99 Å². The Balaban J connectivity index is 1.89. The molecular weight excluding hydrogens is 339 g/mol. The van der Waals surface area contributed by atoms with Crippen molar-refractivity contribution >= 4 is 21.7 Å². The Labute approximate surface area is 146 Å². The zero-order valence-electron chi connectivity index (χ0n) is 13.6. The van der Waals surface area contributed by atoms with Gasteiger partial charge in [-0.1, -0.05) is 30.3 Å². The zero-order chi connectivity index (χ0) is 17.9. The van der Waals surface area contributed by atoms with Crippen LogP contribution in [-0.2, 0) is 22.6 Å². The maximum atomic E-state index is 13.0. The molecule has 25 heavy (non-hydrogen) atoms. The Morgan fingerprint density at radius 1 is 1.04 bits per heavy atom. The van der Waals surface area contributed by atoms with Crippen LogP contribution >= 0.6 is 0 Å². The Morgan fingerprint density at radius 3 is 2.44 bits per heavy atom. The first-order valence-electron chi connectivity index (χ1n) is 7.67. The third-order valence-corrected chi connectivity index (χ3v) is 5.53. The van der Waals surface area contributed by atoms with E-state index in [9.17, 15) is 12.8 Å². The highest BCUT2D eigenvalue weighted by atomic mass is 32.2. The normalized spacial score (nSPS) is 11.9. The van der Waals surface area contributed by atoms with Gasteiger partial charge in [-0.25, -0.2) is 12.8 Å². The van der Waals surface area contributed by atoms with Gasteiger partial charge in [0.1, 0.15) is 10.8 Å². The number of aliphatic imine (C=N–C) groups is 1. The van der Waals surface area contributed by atoms with Crippen LogP contribution in [0.5, 0.6) is 0 Å². The van der Waals surface area contributed by atoms with Crippen LogP contribution in [0.2, 0.25) is 0 Å². The molecule has 0 atom stereocenters. The molecule has 1 heterocycles. The lowest BCUT2D eigenvalue weighted by Gasteiger charge is -2.08. The zero-order valence-corrected chi connectivity index (χ0v) is 14.4. The van der Waals surface area contributed by atoms with E-state index < -0.39 is 9.84 Å². The summed E-state index contributed by atoms with van der Waals surface area (Å²) in [6, 6.07) is 16.3. The van der Waals surface area contributed by atoms with E-state index in [1.54, 1.807) is 72.6 Å². The Morgan fingerprint density at radius 2 is 1.76 bits per heavy atom. The fraction of sp³-hybridized carbons (Fsp3) is 0.105. The van der Waals surface area contributed by atoms with Crippen molar-refractivity contribution in [3.05, 3.63) is 83.8 Å². The van der Waals surface area contributed by atoms with Crippen LogP contribution in [0.3, 0.4) is 0 Å². The van der Waals surface area contributed by atoms with Gasteiger partial charge in [0.15, 0.2) is 9.84 Å². The highest BCUT2D eigenvalue weighted by Crippen LogP contribution is 2.24. The first-order chi connectivity index (χ1) is 12.0. The monoisotopic (exact) mass is 356 g/mol. The Bertz CT molecular complexity index is 1010. The minimum absolute atomic E-state index is 0.137. The molecule has 0 saturated carbocycles. The predicted molar refractivity (Wildman–Crippen MR) is 96.4 cm³/mol. The number of para-hydroxylation sites is 1. The molecule has 6 heteroatoms. The average Bonchev–Trinajstić information content (AvgIpc) is 3.02. The molecule has 128 valence electrons. The number of hydrogen-bond acceptors (Lipinski definition) is 3. The van der Waals surface area contributed by atoms with Crippen LogP contribution in [0.1, 0.15) is 11.1 Å². The molecule has 3 rings (SSSR count). The summed E-state index contributed by atoms with van der Waals surface area (Å²) in [6.07, 6.45) is 3.29. The van der Waals surface area contributed by atoms with E-state index in [-0.39, 0.29) is 16.6 Å². The van der Waals surface area contributed by atoms with E-state index in [4.69, 9.17) is 0 Å². The van der Waals surface area contributed by atoms with Crippen LogP contribution in [-0.4, -0.2) is 19.2 Å². The van der Waals surface area contributed by atoms with Crippen LogP contribution in [0.4, 0.5) is 10.1 Å². The van der Waals surface area contributed by atoms with E-state index in [0.717, 1.165) is 5.56 Å². The molecule has 0 aliphatic rings. The van der Waals surface area contributed by atoms with Gasteiger partial charge in [-0.05, 0) is 41.5 Å². The van der Waals surface area contributed by atoms with Crippen molar-refractivity contribution < 1.29 is 12.8 Å². The first-order valence-corrected chi connectivity index (χ1v) is 9.32. The molecule has 0 aliphatic carbocycles. The maximum Gasteiger partial charge on any atom is 0.197 e. The van der Waals surface area contributed by atoms with E-state index in [1.165, 1.54) is 12.1 Å². The third kappa shape index (κ3) is 4.03. The molecule has 1 aromatic heterocycles. The van der Waals surface area contributed by atoms with Crippen LogP contribution in [0, 0.1) is 5.82 Å². The van der Waals surface area contributed by atoms with Crippen LogP contribution in [0.15, 0.2) is 76.9 Å². The molecule has 3 aromatic rings. The molecule has 0 amide bonds. The largest absolute Gasteiger partial charge is 0.342 e. The fourth-order valence-electron chi connectivity index (χ4n) is 2.50. The van der Waals surface area contributed by atoms with Crippen molar-refractivity contribution in [3.8, 4) is 0 Å². The number of nitrogens with zero attached hydrogens (tertiary/aromatic N) is 2. The lowest BCUT2D eigenvalue weighted by molar-refractivity contribution is 0.585. The lowest BCUT2D eigenvalue weighted by Crippen LogP contribution is -2.09. The highest BCUT2D eigenvalue weighted by Gasteiger charge is 2.19. The number of aromatic nitrogens is 1. The summed E-state index contributed by atoms with van der Waals surface area (Å²) in [5.41, 5.74) is 1.92. The number of hydrogen-bond donors (Lipinski definition) is 0. The Kier molecular flexibility index (Phi) is 4.81. The van der Waals surface area contributed by atoms with Crippen molar-refractivity contribution in [1.82, 2.24) is 4.57 Å². The summed E-state index contributed by atoms with van der Waals surface area (Å²) >= 11 is 0. The summed E-state index contributed by atoms with van der Waals surface area (Å²) in [6.45, 7) is 0. The van der Waals surface area contributed by atoms with Gasteiger partial charge in [-0.15, -0.1) is 0 Å². The average molecular weight is 356 g/mol. The molecule has 4 nitrogen and oxygen atoms in total. The minimum atomic E-state index is -3.47. The van der Waals surface area contributed by atoms with Gasteiger partial charge in [0.25, 0.3) is 0 Å². The summed E-state index contributed by atoms with van der Waals surface area (Å²) in [4.78, 5) is 4.38.